The SMILES string of the molecule is COC(=O)c1c(NC(=O)CSc2nnc3n2CCCCC3)sc2c1CCCC2. The standard InChI is InChI=1S/C19H24N4O3S2/c1-26-18(25)16-12-7-4-5-8-13(12)28-17(16)20-15(24)11-27-19-22-21-14-9-3-2-6-10-23(14)19/h2-11H2,1H3,(H,20,24). The molecule has 2 aromatic rings. The third kappa shape index (κ3) is 3.96. The Bertz CT molecular complexity index is 890. The molecule has 2 aliphatic rings. The highest BCUT2D eigenvalue weighted by atomic mass is 32.2. The van der Waals surface area contributed by atoms with Crippen molar-refractivity contribution in [2.45, 2.75) is 63.1 Å². The molecule has 1 amide bonds. The second-order valence-corrected chi connectivity index (χ2v) is 9.15. The summed E-state index contributed by atoms with van der Waals surface area (Å²) in [5.74, 6) is 0.741. The molecular formula is C19H24N4O3S2. The molecule has 0 spiro atoms. The van der Waals surface area contributed by atoms with Crippen molar-refractivity contribution >= 4 is 40.0 Å². The fraction of sp³-hybridized carbons (Fsp3) is 0.579. The Labute approximate surface area is 172 Å². The molecule has 4 rings (SSSR count). The van der Waals surface area contributed by atoms with Gasteiger partial charge in [-0.2, -0.15) is 0 Å². The molecule has 1 N–H and O–H groups in total. The minimum atomic E-state index is -0.370. The number of nitrogens with zero attached hydrogens (tertiary/aromatic N) is 3. The van der Waals surface area contributed by atoms with Crippen molar-refractivity contribution in [3.05, 3.63) is 21.8 Å². The molecule has 0 radical (unpaired) electrons. The van der Waals surface area contributed by atoms with Crippen LogP contribution in [0.25, 0.3) is 0 Å². The van der Waals surface area contributed by atoms with Crippen LogP contribution in [0, 0.1) is 0 Å². The number of thiophene rings is 1. The number of aromatic nitrogens is 3. The van der Waals surface area contributed by atoms with Crippen molar-refractivity contribution in [2.75, 3.05) is 18.2 Å². The van der Waals surface area contributed by atoms with Gasteiger partial charge in [-0.25, -0.2) is 4.79 Å². The number of ether oxygens (including phenoxy) is 1. The molecule has 3 heterocycles. The van der Waals surface area contributed by atoms with Crippen molar-refractivity contribution in [2.24, 2.45) is 0 Å². The molecule has 7 nitrogen and oxygen atoms in total. The number of nitrogens with one attached hydrogen (secondary N) is 1. The molecule has 28 heavy (non-hydrogen) atoms. The number of amides is 1. The number of anilines is 1. The maximum absolute atomic E-state index is 12.6. The minimum Gasteiger partial charge on any atom is -0.465 e. The smallest absolute Gasteiger partial charge is 0.341 e. The molecule has 0 saturated heterocycles. The number of hydrogen-bond donors (Lipinski definition) is 1. The number of rotatable bonds is 5. The van der Waals surface area contributed by atoms with Crippen molar-refractivity contribution in [1.29, 1.82) is 0 Å². The van der Waals surface area contributed by atoms with Gasteiger partial charge in [0, 0.05) is 17.8 Å². The number of fused-ring (bicyclic) bond motifs is 2. The highest BCUT2D eigenvalue weighted by molar-refractivity contribution is 7.99. The third-order valence-electron chi connectivity index (χ3n) is 5.22. The third-order valence-corrected chi connectivity index (χ3v) is 7.40. The van der Waals surface area contributed by atoms with Gasteiger partial charge in [-0.3, -0.25) is 4.79 Å². The summed E-state index contributed by atoms with van der Waals surface area (Å²) in [5.41, 5.74) is 1.59. The number of carbonyl (C=O) groups is 2. The van der Waals surface area contributed by atoms with E-state index in [1.54, 1.807) is 0 Å². The summed E-state index contributed by atoms with van der Waals surface area (Å²) < 4.78 is 7.10. The Kier molecular flexibility index (Phi) is 6.01. The molecular weight excluding hydrogens is 396 g/mol. The molecule has 0 aromatic carbocycles. The van der Waals surface area contributed by atoms with E-state index in [4.69, 9.17) is 4.74 Å². The number of methoxy groups -OCH3 is 1. The Balaban J connectivity index is 1.45. The Morgan fingerprint density at radius 1 is 1.14 bits per heavy atom. The summed E-state index contributed by atoms with van der Waals surface area (Å²) in [6.07, 6.45) is 8.42. The molecule has 0 saturated carbocycles. The van der Waals surface area contributed by atoms with E-state index < -0.39 is 0 Å². The van der Waals surface area contributed by atoms with Crippen LogP contribution < -0.4 is 5.32 Å². The topological polar surface area (TPSA) is 86.1 Å². The zero-order valence-corrected chi connectivity index (χ0v) is 17.6. The van der Waals surface area contributed by atoms with Crippen molar-refractivity contribution in [3.63, 3.8) is 0 Å². The van der Waals surface area contributed by atoms with E-state index in [0.717, 1.165) is 68.0 Å². The lowest BCUT2D eigenvalue weighted by Gasteiger charge is -2.11. The van der Waals surface area contributed by atoms with Gasteiger partial charge >= 0.3 is 5.97 Å². The van der Waals surface area contributed by atoms with E-state index in [1.165, 1.54) is 41.5 Å². The summed E-state index contributed by atoms with van der Waals surface area (Å²) in [4.78, 5) is 26.1. The van der Waals surface area contributed by atoms with Crippen LogP contribution >= 0.6 is 23.1 Å². The van der Waals surface area contributed by atoms with Crippen LogP contribution in [-0.4, -0.2) is 39.5 Å². The van der Waals surface area contributed by atoms with E-state index in [2.05, 4.69) is 20.1 Å². The van der Waals surface area contributed by atoms with E-state index in [0.29, 0.717) is 10.6 Å². The van der Waals surface area contributed by atoms with Crippen molar-refractivity contribution in [3.8, 4) is 0 Å². The molecule has 150 valence electrons. The maximum atomic E-state index is 12.6. The van der Waals surface area contributed by atoms with E-state index in [1.807, 2.05) is 0 Å². The highest BCUT2D eigenvalue weighted by Gasteiger charge is 2.27. The van der Waals surface area contributed by atoms with Crippen LogP contribution in [0.4, 0.5) is 5.00 Å². The molecule has 0 unspecified atom stereocenters. The first-order chi connectivity index (χ1) is 13.7. The average Bonchev–Trinajstić information content (AvgIpc) is 3.17. The number of aryl methyl sites for hydroxylation is 2. The van der Waals surface area contributed by atoms with Gasteiger partial charge < -0.3 is 14.6 Å². The lowest BCUT2D eigenvalue weighted by atomic mass is 9.95. The molecule has 9 heteroatoms. The van der Waals surface area contributed by atoms with E-state index in [9.17, 15) is 9.59 Å². The predicted octanol–water partition coefficient (Wildman–Crippen LogP) is 3.46. The first kappa shape index (κ1) is 19.4. The number of esters is 1. The Hall–Kier alpha value is -1.87. The average molecular weight is 421 g/mol. The van der Waals surface area contributed by atoms with Gasteiger partial charge in [0.1, 0.15) is 10.8 Å². The fourth-order valence-electron chi connectivity index (χ4n) is 3.83. The summed E-state index contributed by atoms with van der Waals surface area (Å²) >= 11 is 2.91. The fourth-order valence-corrected chi connectivity index (χ4v) is 5.91. The molecule has 0 fully saturated rings. The quantitative estimate of drug-likeness (QED) is 0.589. The zero-order chi connectivity index (χ0) is 19.5. The maximum Gasteiger partial charge on any atom is 0.341 e. The first-order valence-electron chi connectivity index (χ1n) is 9.75. The first-order valence-corrected chi connectivity index (χ1v) is 11.5. The second-order valence-electron chi connectivity index (χ2n) is 7.10. The number of carbonyl (C=O) groups excluding carboxylic acids is 2. The molecule has 1 aliphatic heterocycles. The van der Waals surface area contributed by atoms with Crippen molar-refractivity contribution in [1.82, 2.24) is 14.8 Å². The van der Waals surface area contributed by atoms with Gasteiger partial charge in [0.2, 0.25) is 5.91 Å². The summed E-state index contributed by atoms with van der Waals surface area (Å²) in [6, 6.07) is 0. The Morgan fingerprint density at radius 3 is 2.82 bits per heavy atom. The van der Waals surface area contributed by atoms with Crippen LogP contribution in [0.1, 0.15) is 58.7 Å². The lowest BCUT2D eigenvalue weighted by Crippen LogP contribution is -2.17. The van der Waals surface area contributed by atoms with Crippen LogP contribution in [0.2, 0.25) is 0 Å². The van der Waals surface area contributed by atoms with Gasteiger partial charge in [-0.05, 0) is 44.1 Å². The summed E-state index contributed by atoms with van der Waals surface area (Å²) in [5, 5.41) is 12.9. The zero-order valence-electron chi connectivity index (χ0n) is 16.0. The largest absolute Gasteiger partial charge is 0.465 e. The molecule has 0 bridgehead atoms. The minimum absolute atomic E-state index is 0.139. The summed E-state index contributed by atoms with van der Waals surface area (Å²) in [6.45, 7) is 0.913. The van der Waals surface area contributed by atoms with Gasteiger partial charge in [-0.15, -0.1) is 21.5 Å². The normalized spacial score (nSPS) is 16.0. The van der Waals surface area contributed by atoms with Crippen LogP contribution in [0.3, 0.4) is 0 Å². The highest BCUT2D eigenvalue weighted by Crippen LogP contribution is 2.38. The molecule has 2 aromatic heterocycles. The molecule has 1 aliphatic carbocycles. The number of thioether (sulfide) groups is 1. The summed E-state index contributed by atoms with van der Waals surface area (Å²) in [7, 11) is 1.38. The van der Waals surface area contributed by atoms with E-state index in [-0.39, 0.29) is 17.6 Å². The monoisotopic (exact) mass is 420 g/mol. The van der Waals surface area contributed by atoms with Crippen LogP contribution in [0.5, 0.6) is 0 Å². The van der Waals surface area contributed by atoms with E-state index >= 15 is 0 Å². The Morgan fingerprint density at radius 2 is 1.96 bits per heavy atom. The van der Waals surface area contributed by atoms with Gasteiger partial charge in [0.15, 0.2) is 5.16 Å². The predicted molar refractivity (Wildman–Crippen MR) is 109 cm³/mol. The van der Waals surface area contributed by atoms with Crippen molar-refractivity contribution < 1.29 is 14.3 Å². The van der Waals surface area contributed by atoms with Crippen LogP contribution in [0.15, 0.2) is 5.16 Å². The van der Waals surface area contributed by atoms with Gasteiger partial charge in [-0.1, -0.05) is 18.2 Å². The second kappa shape index (κ2) is 8.65. The van der Waals surface area contributed by atoms with Gasteiger partial charge in [0.25, 0.3) is 0 Å². The van der Waals surface area contributed by atoms with Crippen LogP contribution in [-0.2, 0) is 35.3 Å². The van der Waals surface area contributed by atoms with Gasteiger partial charge in [0.05, 0.1) is 18.4 Å². The lowest BCUT2D eigenvalue weighted by molar-refractivity contribution is -0.113. The number of hydrogen-bond acceptors (Lipinski definition) is 7. The molecule has 0 atom stereocenters.